The van der Waals surface area contributed by atoms with E-state index >= 15 is 0 Å². The molecule has 1 aliphatic heterocycles. The summed E-state index contributed by atoms with van der Waals surface area (Å²) in [6, 6.07) is 11.7. The van der Waals surface area contributed by atoms with Crippen molar-refractivity contribution in [1.29, 1.82) is 0 Å². The fourth-order valence-corrected chi connectivity index (χ4v) is 3.53. The summed E-state index contributed by atoms with van der Waals surface area (Å²) in [7, 11) is 1.61. The highest BCUT2D eigenvalue weighted by Gasteiger charge is 2.17. The van der Waals surface area contributed by atoms with Gasteiger partial charge in [-0.1, -0.05) is 24.6 Å². The van der Waals surface area contributed by atoms with Crippen LogP contribution >= 0.6 is 0 Å². The first-order chi connectivity index (χ1) is 12.2. The summed E-state index contributed by atoms with van der Waals surface area (Å²) in [5.74, 6) is 0.627. The second-order valence-corrected chi connectivity index (χ2v) is 6.53. The van der Waals surface area contributed by atoms with Gasteiger partial charge in [0, 0.05) is 16.8 Å². The highest BCUT2D eigenvalue weighted by molar-refractivity contribution is 6.07. The summed E-state index contributed by atoms with van der Waals surface area (Å²) in [5.41, 5.74) is 2.22. The van der Waals surface area contributed by atoms with E-state index in [9.17, 15) is 4.79 Å². The molecule has 1 aromatic heterocycles. The lowest BCUT2D eigenvalue weighted by Crippen LogP contribution is -2.36. The van der Waals surface area contributed by atoms with E-state index in [1.54, 1.807) is 7.11 Å². The van der Waals surface area contributed by atoms with Crippen molar-refractivity contribution in [2.75, 3.05) is 32.1 Å². The number of nitrogens with zero attached hydrogens (tertiary/aromatic N) is 1. The van der Waals surface area contributed by atoms with Gasteiger partial charge in [-0.2, -0.15) is 0 Å². The van der Waals surface area contributed by atoms with Gasteiger partial charge in [-0.3, -0.25) is 9.69 Å². The quantitative estimate of drug-likeness (QED) is 0.781. The second-order valence-electron chi connectivity index (χ2n) is 6.53. The minimum atomic E-state index is -0.0179. The van der Waals surface area contributed by atoms with E-state index in [1.807, 2.05) is 36.4 Å². The molecule has 2 heterocycles. The molecule has 3 aromatic rings. The molecule has 2 aromatic carbocycles. The van der Waals surface area contributed by atoms with E-state index < -0.39 is 0 Å². The maximum absolute atomic E-state index is 12.4. The summed E-state index contributed by atoms with van der Waals surface area (Å²) >= 11 is 0. The Labute approximate surface area is 146 Å². The summed E-state index contributed by atoms with van der Waals surface area (Å²) in [6.07, 6.45) is 3.59. The number of ether oxygens (including phenoxy) is 1. The number of anilines is 1. The first-order valence-corrected chi connectivity index (χ1v) is 8.76. The average Bonchev–Trinajstić information content (AvgIpc) is 2.99. The Bertz CT molecular complexity index is 910. The third-order valence-electron chi connectivity index (χ3n) is 4.79. The van der Waals surface area contributed by atoms with E-state index in [2.05, 4.69) is 10.2 Å². The Morgan fingerprint density at radius 2 is 1.92 bits per heavy atom. The second kappa shape index (κ2) is 6.76. The zero-order valence-corrected chi connectivity index (χ0v) is 14.4. The SMILES string of the molecule is COc1cc2c(cc1NC(=O)CN1CCCCC1)oc1ccccc12. The van der Waals surface area contributed by atoms with Crippen molar-refractivity contribution in [3.8, 4) is 5.75 Å². The fourth-order valence-electron chi connectivity index (χ4n) is 3.53. The number of hydrogen-bond acceptors (Lipinski definition) is 4. The number of furan rings is 1. The first-order valence-electron chi connectivity index (χ1n) is 8.76. The van der Waals surface area contributed by atoms with Crippen molar-refractivity contribution in [1.82, 2.24) is 4.90 Å². The minimum Gasteiger partial charge on any atom is -0.495 e. The molecule has 0 unspecified atom stereocenters. The summed E-state index contributed by atoms with van der Waals surface area (Å²) in [5, 5.41) is 5.01. The maximum atomic E-state index is 12.4. The van der Waals surface area contributed by atoms with Gasteiger partial charge in [0.25, 0.3) is 0 Å². The van der Waals surface area contributed by atoms with Gasteiger partial charge in [-0.25, -0.2) is 0 Å². The summed E-state index contributed by atoms with van der Waals surface area (Å²) in [6.45, 7) is 2.40. The number of benzene rings is 2. The number of piperidine rings is 1. The molecule has 0 spiro atoms. The van der Waals surface area contributed by atoms with Gasteiger partial charge in [-0.05, 0) is 38.1 Å². The average molecular weight is 338 g/mol. The van der Waals surface area contributed by atoms with Crippen molar-refractivity contribution >= 4 is 33.5 Å². The summed E-state index contributed by atoms with van der Waals surface area (Å²) in [4.78, 5) is 14.6. The fraction of sp³-hybridized carbons (Fsp3) is 0.350. The monoisotopic (exact) mass is 338 g/mol. The Hall–Kier alpha value is -2.53. The van der Waals surface area contributed by atoms with Crippen LogP contribution in [0.3, 0.4) is 0 Å². The topological polar surface area (TPSA) is 54.7 Å². The molecule has 1 fully saturated rings. The molecule has 1 amide bonds. The van der Waals surface area contributed by atoms with Crippen LogP contribution in [0.2, 0.25) is 0 Å². The molecule has 1 aliphatic rings. The van der Waals surface area contributed by atoms with Gasteiger partial charge in [0.1, 0.15) is 16.9 Å². The number of rotatable bonds is 4. The van der Waals surface area contributed by atoms with Crippen LogP contribution in [-0.2, 0) is 4.79 Å². The molecule has 0 aliphatic carbocycles. The van der Waals surface area contributed by atoms with Crippen LogP contribution in [-0.4, -0.2) is 37.6 Å². The van der Waals surface area contributed by atoms with Crippen LogP contribution < -0.4 is 10.1 Å². The normalized spacial score (nSPS) is 15.6. The number of methoxy groups -OCH3 is 1. The lowest BCUT2D eigenvalue weighted by atomic mass is 10.1. The molecule has 25 heavy (non-hydrogen) atoms. The molecular formula is C20H22N2O3. The number of nitrogens with one attached hydrogen (secondary N) is 1. The van der Waals surface area contributed by atoms with Gasteiger partial charge in [0.05, 0.1) is 19.3 Å². The predicted octanol–water partition coefficient (Wildman–Crippen LogP) is 4.02. The molecule has 1 saturated heterocycles. The number of amides is 1. The highest BCUT2D eigenvalue weighted by Crippen LogP contribution is 2.36. The smallest absolute Gasteiger partial charge is 0.238 e. The molecule has 5 heteroatoms. The highest BCUT2D eigenvalue weighted by atomic mass is 16.5. The molecule has 5 nitrogen and oxygen atoms in total. The number of carbonyl (C=O) groups excluding carboxylic acids is 1. The molecule has 1 N–H and O–H groups in total. The number of hydrogen-bond donors (Lipinski definition) is 1. The lowest BCUT2D eigenvalue weighted by Gasteiger charge is -2.25. The Morgan fingerprint density at radius 3 is 2.72 bits per heavy atom. The van der Waals surface area contributed by atoms with Crippen molar-refractivity contribution in [2.45, 2.75) is 19.3 Å². The molecule has 0 bridgehead atoms. The first kappa shape index (κ1) is 16.0. The number of carbonyl (C=O) groups is 1. The van der Waals surface area contributed by atoms with Gasteiger partial charge < -0.3 is 14.5 Å². The van der Waals surface area contributed by atoms with Gasteiger partial charge in [0.15, 0.2) is 0 Å². The molecule has 130 valence electrons. The maximum Gasteiger partial charge on any atom is 0.238 e. The number of likely N-dealkylation sites (tertiary alicyclic amines) is 1. The lowest BCUT2D eigenvalue weighted by molar-refractivity contribution is -0.117. The van der Waals surface area contributed by atoms with E-state index in [4.69, 9.17) is 9.15 Å². The van der Waals surface area contributed by atoms with Crippen LogP contribution in [0.5, 0.6) is 5.75 Å². The Morgan fingerprint density at radius 1 is 1.12 bits per heavy atom. The molecular weight excluding hydrogens is 316 g/mol. The van der Waals surface area contributed by atoms with Gasteiger partial charge in [0.2, 0.25) is 5.91 Å². The third kappa shape index (κ3) is 3.20. The molecule has 0 atom stereocenters. The van der Waals surface area contributed by atoms with Crippen molar-refractivity contribution in [2.24, 2.45) is 0 Å². The van der Waals surface area contributed by atoms with E-state index in [0.29, 0.717) is 18.0 Å². The standard InChI is InChI=1S/C20H22N2O3/c1-24-19-11-15-14-7-3-4-8-17(14)25-18(15)12-16(19)21-20(23)13-22-9-5-2-6-10-22/h3-4,7-8,11-12H,2,5-6,9-10,13H2,1H3,(H,21,23). The van der Waals surface area contributed by atoms with Crippen LogP contribution in [0.1, 0.15) is 19.3 Å². The van der Waals surface area contributed by atoms with E-state index in [-0.39, 0.29) is 5.91 Å². The van der Waals surface area contributed by atoms with Crippen molar-refractivity contribution in [3.63, 3.8) is 0 Å². The molecule has 0 radical (unpaired) electrons. The van der Waals surface area contributed by atoms with E-state index in [0.717, 1.165) is 35.0 Å². The van der Waals surface area contributed by atoms with Crippen LogP contribution in [0.15, 0.2) is 40.8 Å². The molecule has 0 saturated carbocycles. The van der Waals surface area contributed by atoms with Crippen LogP contribution in [0, 0.1) is 0 Å². The zero-order chi connectivity index (χ0) is 17.2. The third-order valence-corrected chi connectivity index (χ3v) is 4.79. The number of para-hydroxylation sites is 1. The zero-order valence-electron chi connectivity index (χ0n) is 14.4. The predicted molar refractivity (Wildman–Crippen MR) is 99.2 cm³/mol. The van der Waals surface area contributed by atoms with E-state index in [1.165, 1.54) is 19.3 Å². The Balaban J connectivity index is 1.61. The summed E-state index contributed by atoms with van der Waals surface area (Å²) < 4.78 is 11.4. The largest absolute Gasteiger partial charge is 0.495 e. The van der Waals surface area contributed by atoms with Crippen LogP contribution in [0.4, 0.5) is 5.69 Å². The number of fused-ring (bicyclic) bond motifs is 3. The van der Waals surface area contributed by atoms with Crippen LogP contribution in [0.25, 0.3) is 21.9 Å². The van der Waals surface area contributed by atoms with Gasteiger partial charge in [-0.15, -0.1) is 0 Å². The van der Waals surface area contributed by atoms with Crippen molar-refractivity contribution < 1.29 is 13.9 Å². The minimum absolute atomic E-state index is 0.0179. The molecule has 4 rings (SSSR count). The van der Waals surface area contributed by atoms with Crippen molar-refractivity contribution in [3.05, 3.63) is 36.4 Å². The Kier molecular flexibility index (Phi) is 4.32. The van der Waals surface area contributed by atoms with Gasteiger partial charge >= 0.3 is 0 Å².